The Hall–Kier alpha value is -1.64. The van der Waals surface area contributed by atoms with Crippen LogP contribution in [-0.4, -0.2) is 41.8 Å². The lowest BCUT2D eigenvalue weighted by Crippen LogP contribution is -2.41. The Bertz CT molecular complexity index is 744. The van der Waals surface area contributed by atoms with Crippen molar-refractivity contribution >= 4 is 41.0 Å². The summed E-state index contributed by atoms with van der Waals surface area (Å²) in [6, 6.07) is 4.89. The van der Waals surface area contributed by atoms with E-state index in [0.717, 1.165) is 0 Å². The molecular formula is C18H23BBrNO5. The fourth-order valence-corrected chi connectivity index (χ4v) is 2.97. The van der Waals surface area contributed by atoms with Crippen molar-refractivity contribution in [3.8, 4) is 0 Å². The number of aromatic carboxylic acids is 1. The second kappa shape index (κ2) is 7.54. The van der Waals surface area contributed by atoms with E-state index in [-0.39, 0.29) is 18.0 Å². The van der Waals surface area contributed by atoms with E-state index in [1.54, 1.807) is 18.2 Å². The molecule has 2 rings (SSSR count). The van der Waals surface area contributed by atoms with Crippen LogP contribution in [0.1, 0.15) is 50.5 Å². The lowest BCUT2D eigenvalue weighted by Gasteiger charge is -2.32. The fraction of sp³-hybridized carbons (Fsp3) is 0.444. The normalized spacial score (nSPS) is 18.7. The predicted molar refractivity (Wildman–Crippen MR) is 104 cm³/mol. The van der Waals surface area contributed by atoms with Crippen molar-refractivity contribution in [1.82, 2.24) is 5.32 Å². The first-order valence-corrected chi connectivity index (χ1v) is 9.05. The van der Waals surface area contributed by atoms with Crippen molar-refractivity contribution in [2.24, 2.45) is 0 Å². The number of halogens is 1. The smallest absolute Gasteiger partial charge is 0.478 e. The van der Waals surface area contributed by atoms with E-state index in [1.165, 1.54) is 13.0 Å². The average molecular weight is 424 g/mol. The Labute approximate surface area is 162 Å². The standard InChI is InChI=1S/C18H23BBrNO5/c1-11(22)21-10-14(19-25-17(2,3)18(4,5)26-19)7-12-6-13(16(23)24)9-15(20)8-12/h6-9H,10H2,1-5H3,(H,21,22)(H,23,24). The third-order valence-corrected chi connectivity index (χ3v) is 5.07. The number of carboxylic acids is 1. The van der Waals surface area contributed by atoms with Crippen molar-refractivity contribution in [1.29, 1.82) is 0 Å². The second-order valence-corrected chi connectivity index (χ2v) is 8.21. The molecule has 1 heterocycles. The molecule has 0 bridgehead atoms. The fourth-order valence-electron chi connectivity index (χ4n) is 2.46. The van der Waals surface area contributed by atoms with Gasteiger partial charge in [-0.2, -0.15) is 0 Å². The average Bonchev–Trinajstić information content (AvgIpc) is 2.70. The minimum Gasteiger partial charge on any atom is -0.478 e. The maximum atomic E-state index is 11.4. The van der Waals surface area contributed by atoms with Crippen LogP contribution in [0, 0.1) is 0 Å². The molecule has 0 atom stereocenters. The number of rotatable bonds is 5. The first-order valence-electron chi connectivity index (χ1n) is 8.26. The number of carboxylic acid groups (broad SMARTS) is 1. The Balaban J connectivity index is 2.41. The van der Waals surface area contributed by atoms with Gasteiger partial charge in [-0.1, -0.05) is 22.0 Å². The molecule has 1 aromatic rings. The molecule has 0 spiro atoms. The van der Waals surface area contributed by atoms with Gasteiger partial charge in [0.15, 0.2) is 0 Å². The molecule has 140 valence electrons. The maximum absolute atomic E-state index is 11.4. The van der Waals surface area contributed by atoms with Crippen LogP contribution in [-0.2, 0) is 14.1 Å². The number of carbonyl (C=O) groups excluding carboxylic acids is 1. The Kier molecular flexibility index (Phi) is 6.00. The molecule has 8 heteroatoms. The largest absolute Gasteiger partial charge is 0.492 e. The monoisotopic (exact) mass is 423 g/mol. The summed E-state index contributed by atoms with van der Waals surface area (Å²) in [7, 11) is -0.640. The van der Waals surface area contributed by atoms with E-state index >= 15 is 0 Å². The minimum atomic E-state index is -1.01. The third kappa shape index (κ3) is 4.75. The van der Waals surface area contributed by atoms with Crippen LogP contribution in [0.25, 0.3) is 6.08 Å². The molecule has 0 aliphatic carbocycles. The molecule has 1 saturated heterocycles. The predicted octanol–water partition coefficient (Wildman–Crippen LogP) is 3.30. The highest BCUT2D eigenvalue weighted by atomic mass is 79.9. The number of amides is 1. The van der Waals surface area contributed by atoms with Crippen molar-refractivity contribution in [2.75, 3.05) is 6.54 Å². The topological polar surface area (TPSA) is 84.9 Å². The SMILES string of the molecule is CC(=O)NCC(=Cc1cc(Br)cc(C(=O)O)c1)B1OC(C)(C)C(C)(C)O1. The Morgan fingerprint density at radius 1 is 1.19 bits per heavy atom. The summed E-state index contributed by atoms with van der Waals surface area (Å²) in [6.45, 7) is 9.47. The molecular weight excluding hydrogens is 401 g/mol. The van der Waals surface area contributed by atoms with Crippen LogP contribution in [0.2, 0.25) is 0 Å². The molecule has 0 aromatic heterocycles. The van der Waals surface area contributed by atoms with Crippen LogP contribution < -0.4 is 5.32 Å². The number of benzene rings is 1. The summed E-state index contributed by atoms with van der Waals surface area (Å²) in [5, 5.41) is 12.0. The highest BCUT2D eigenvalue weighted by Gasteiger charge is 2.52. The molecule has 1 aromatic carbocycles. The Morgan fingerprint density at radius 3 is 2.27 bits per heavy atom. The lowest BCUT2D eigenvalue weighted by molar-refractivity contribution is -0.118. The van der Waals surface area contributed by atoms with E-state index < -0.39 is 24.3 Å². The highest BCUT2D eigenvalue weighted by Crippen LogP contribution is 2.38. The van der Waals surface area contributed by atoms with Crippen LogP contribution in [0.15, 0.2) is 28.1 Å². The minimum absolute atomic E-state index is 0.165. The van der Waals surface area contributed by atoms with Crippen molar-refractivity contribution < 1.29 is 24.0 Å². The van der Waals surface area contributed by atoms with Crippen molar-refractivity contribution in [2.45, 2.75) is 45.8 Å². The number of nitrogens with one attached hydrogen (secondary N) is 1. The van der Waals surface area contributed by atoms with Gasteiger partial charge in [0.05, 0.1) is 16.8 Å². The van der Waals surface area contributed by atoms with Crippen LogP contribution in [0.3, 0.4) is 0 Å². The summed E-state index contributed by atoms with van der Waals surface area (Å²) < 4.78 is 12.8. The first kappa shape index (κ1) is 20.7. The van der Waals surface area contributed by atoms with Gasteiger partial charge in [-0.3, -0.25) is 4.79 Å². The van der Waals surface area contributed by atoms with Gasteiger partial charge >= 0.3 is 13.1 Å². The Morgan fingerprint density at radius 2 is 1.77 bits per heavy atom. The zero-order chi connectivity index (χ0) is 19.7. The quantitative estimate of drug-likeness (QED) is 0.709. The van der Waals surface area contributed by atoms with Gasteiger partial charge in [0.25, 0.3) is 0 Å². The second-order valence-electron chi connectivity index (χ2n) is 7.30. The molecule has 1 aliphatic rings. The number of carbonyl (C=O) groups is 2. The van der Waals surface area contributed by atoms with Gasteiger partial charge in [-0.25, -0.2) is 4.79 Å². The number of hydrogen-bond donors (Lipinski definition) is 2. The van der Waals surface area contributed by atoms with Gasteiger partial charge in [0, 0.05) is 17.9 Å². The summed E-state index contributed by atoms with van der Waals surface area (Å²) >= 11 is 3.33. The van der Waals surface area contributed by atoms with Gasteiger partial charge in [0.2, 0.25) is 5.91 Å². The van der Waals surface area contributed by atoms with Crippen LogP contribution in [0.5, 0.6) is 0 Å². The molecule has 26 heavy (non-hydrogen) atoms. The lowest BCUT2D eigenvalue weighted by atomic mass is 9.77. The summed E-state index contributed by atoms with van der Waals surface area (Å²) in [5.74, 6) is -1.19. The van der Waals surface area contributed by atoms with E-state index in [2.05, 4.69) is 21.2 Å². The highest BCUT2D eigenvalue weighted by molar-refractivity contribution is 9.10. The molecule has 2 N–H and O–H groups in total. The van der Waals surface area contributed by atoms with Crippen molar-refractivity contribution in [3.63, 3.8) is 0 Å². The summed E-state index contributed by atoms with van der Waals surface area (Å²) in [5.41, 5.74) is 0.506. The molecule has 0 unspecified atom stereocenters. The van der Waals surface area contributed by atoms with E-state index in [0.29, 0.717) is 15.5 Å². The van der Waals surface area contributed by atoms with Gasteiger partial charge in [0.1, 0.15) is 0 Å². The molecule has 1 fully saturated rings. The summed E-state index contributed by atoms with van der Waals surface area (Å²) in [4.78, 5) is 22.6. The molecule has 0 radical (unpaired) electrons. The van der Waals surface area contributed by atoms with Crippen molar-refractivity contribution in [3.05, 3.63) is 39.3 Å². The van der Waals surface area contributed by atoms with Gasteiger partial charge < -0.3 is 19.7 Å². The molecule has 6 nitrogen and oxygen atoms in total. The van der Waals surface area contributed by atoms with E-state index in [1.807, 2.05) is 27.7 Å². The van der Waals surface area contributed by atoms with E-state index in [9.17, 15) is 14.7 Å². The zero-order valence-corrected chi connectivity index (χ0v) is 17.1. The summed E-state index contributed by atoms with van der Waals surface area (Å²) in [6.07, 6.45) is 1.79. The third-order valence-electron chi connectivity index (χ3n) is 4.62. The number of hydrogen-bond acceptors (Lipinski definition) is 4. The molecule has 1 aliphatic heterocycles. The van der Waals surface area contributed by atoms with Crippen LogP contribution in [0.4, 0.5) is 0 Å². The first-order chi connectivity index (χ1) is 11.9. The van der Waals surface area contributed by atoms with Crippen LogP contribution >= 0.6 is 15.9 Å². The van der Waals surface area contributed by atoms with Gasteiger partial charge in [-0.05, 0) is 56.9 Å². The zero-order valence-electron chi connectivity index (χ0n) is 15.6. The molecule has 1 amide bonds. The van der Waals surface area contributed by atoms with E-state index in [4.69, 9.17) is 9.31 Å². The molecule has 0 saturated carbocycles. The maximum Gasteiger partial charge on any atom is 0.492 e. The van der Waals surface area contributed by atoms with Gasteiger partial charge in [-0.15, -0.1) is 0 Å².